The third kappa shape index (κ3) is 4.94. The number of nitriles is 1. The molecule has 1 aromatic carbocycles. The second-order valence-corrected chi connectivity index (χ2v) is 9.25. The summed E-state index contributed by atoms with van der Waals surface area (Å²) in [5.74, 6) is 0.0743. The first-order valence-electron chi connectivity index (χ1n) is 9.67. The molecule has 0 radical (unpaired) electrons. The topological polar surface area (TPSA) is 108 Å². The van der Waals surface area contributed by atoms with E-state index < -0.39 is 11.7 Å². The van der Waals surface area contributed by atoms with E-state index in [0.717, 1.165) is 4.68 Å². The quantitative estimate of drug-likeness (QED) is 0.722. The molecule has 1 N–H and O–H groups in total. The van der Waals surface area contributed by atoms with Crippen molar-refractivity contribution < 1.29 is 14.6 Å². The summed E-state index contributed by atoms with van der Waals surface area (Å²) in [5, 5.41) is 23.8. The van der Waals surface area contributed by atoms with E-state index in [1.165, 1.54) is 23.1 Å². The summed E-state index contributed by atoms with van der Waals surface area (Å²) in [6.07, 6.45) is -0.438. The zero-order chi connectivity index (χ0) is 22.9. The van der Waals surface area contributed by atoms with Gasteiger partial charge in [-0.2, -0.15) is 9.94 Å². The minimum atomic E-state index is -0.970. The van der Waals surface area contributed by atoms with Gasteiger partial charge >= 0.3 is 6.09 Å². The van der Waals surface area contributed by atoms with Crippen molar-refractivity contribution in [2.24, 2.45) is 5.41 Å². The molecule has 2 heterocycles. The van der Waals surface area contributed by atoms with Crippen molar-refractivity contribution in [3.8, 4) is 17.5 Å². The lowest BCUT2D eigenvalue weighted by molar-refractivity contribution is 0.0127. The number of amides is 1. The largest absolute Gasteiger partial charge is 0.487 e. The van der Waals surface area contributed by atoms with Crippen LogP contribution in [0.2, 0.25) is 10.0 Å². The van der Waals surface area contributed by atoms with Gasteiger partial charge in [0.05, 0.1) is 21.8 Å². The van der Waals surface area contributed by atoms with Gasteiger partial charge in [0.2, 0.25) is 5.69 Å². The van der Waals surface area contributed by atoms with Gasteiger partial charge in [-0.15, -0.1) is 5.10 Å². The summed E-state index contributed by atoms with van der Waals surface area (Å²) in [6.45, 7) is 6.21. The van der Waals surface area contributed by atoms with Gasteiger partial charge in [0.15, 0.2) is 5.75 Å². The molecule has 2 aromatic rings. The van der Waals surface area contributed by atoms with E-state index in [1.807, 2.05) is 26.8 Å². The highest BCUT2D eigenvalue weighted by Crippen LogP contribution is 2.34. The van der Waals surface area contributed by atoms with Gasteiger partial charge in [-0.1, -0.05) is 44.0 Å². The number of hydrogen-bond acceptors (Lipinski definition) is 5. The fourth-order valence-corrected chi connectivity index (χ4v) is 3.97. The molecule has 0 bridgehead atoms. The molecule has 1 saturated heterocycles. The van der Waals surface area contributed by atoms with Crippen LogP contribution in [0.5, 0.6) is 5.75 Å². The fourth-order valence-electron chi connectivity index (χ4n) is 3.68. The van der Waals surface area contributed by atoms with Gasteiger partial charge in [-0.25, -0.2) is 4.79 Å². The van der Waals surface area contributed by atoms with Crippen molar-refractivity contribution >= 4 is 29.3 Å². The zero-order valence-electron chi connectivity index (χ0n) is 17.3. The molecule has 164 valence electrons. The molecular weight excluding hydrogens is 443 g/mol. The highest BCUT2D eigenvalue weighted by Gasteiger charge is 2.39. The number of hydrogen-bond donors (Lipinski definition) is 1. The molecule has 8 nitrogen and oxygen atoms in total. The van der Waals surface area contributed by atoms with E-state index in [1.54, 1.807) is 6.07 Å². The maximum atomic E-state index is 12.7. The Hall–Kier alpha value is -2.76. The van der Waals surface area contributed by atoms with Gasteiger partial charge in [0.1, 0.15) is 12.2 Å². The molecule has 0 aliphatic carbocycles. The number of likely N-dealkylation sites (tertiary alicyclic amines) is 1. The minimum absolute atomic E-state index is 0.0568. The molecule has 3 rings (SSSR count). The predicted octanol–water partition coefficient (Wildman–Crippen LogP) is 4.35. The predicted molar refractivity (Wildman–Crippen MR) is 116 cm³/mol. The highest BCUT2D eigenvalue weighted by atomic mass is 35.5. The van der Waals surface area contributed by atoms with Crippen molar-refractivity contribution in [3.63, 3.8) is 0 Å². The van der Waals surface area contributed by atoms with Crippen LogP contribution in [-0.2, 0) is 0 Å². The molecular formula is C21H22Cl2N4O4. The van der Waals surface area contributed by atoms with Gasteiger partial charge < -0.3 is 14.7 Å². The van der Waals surface area contributed by atoms with Crippen LogP contribution < -0.4 is 10.3 Å². The molecule has 1 fully saturated rings. The SMILES string of the molecule is CC(C)(C)C1CC(Oc2cc(=O)n(-c3ccc(Cl)c(Cl)c3)nc2C#N)CCN1C(=O)O. The van der Waals surface area contributed by atoms with Gasteiger partial charge in [-0.05, 0) is 23.6 Å². The average molecular weight is 465 g/mol. The van der Waals surface area contributed by atoms with Gasteiger partial charge in [0, 0.05) is 25.4 Å². The molecule has 2 atom stereocenters. The summed E-state index contributed by atoms with van der Waals surface area (Å²) in [5.41, 5.74) is -0.486. The van der Waals surface area contributed by atoms with E-state index >= 15 is 0 Å². The van der Waals surface area contributed by atoms with Crippen LogP contribution in [0.3, 0.4) is 0 Å². The van der Waals surface area contributed by atoms with Gasteiger partial charge in [-0.3, -0.25) is 4.79 Å². The molecule has 31 heavy (non-hydrogen) atoms. The maximum absolute atomic E-state index is 12.7. The number of halogens is 2. The second-order valence-electron chi connectivity index (χ2n) is 8.44. The molecule has 1 aliphatic rings. The molecule has 0 saturated carbocycles. The summed E-state index contributed by atoms with van der Waals surface area (Å²) in [6, 6.07) is 7.49. The van der Waals surface area contributed by atoms with Crippen molar-refractivity contribution in [1.82, 2.24) is 14.7 Å². The van der Waals surface area contributed by atoms with Crippen molar-refractivity contribution in [2.45, 2.75) is 45.8 Å². The Bertz CT molecular complexity index is 1100. The molecule has 1 aromatic heterocycles. The van der Waals surface area contributed by atoms with E-state index in [9.17, 15) is 20.0 Å². The number of nitrogens with zero attached hydrogens (tertiary/aromatic N) is 4. The molecule has 1 amide bonds. The van der Waals surface area contributed by atoms with Crippen LogP contribution in [0.25, 0.3) is 5.69 Å². The molecule has 2 unspecified atom stereocenters. The van der Waals surface area contributed by atoms with E-state index in [4.69, 9.17) is 27.9 Å². The van der Waals surface area contributed by atoms with Crippen molar-refractivity contribution in [1.29, 1.82) is 5.26 Å². The minimum Gasteiger partial charge on any atom is -0.487 e. The Balaban J connectivity index is 1.89. The highest BCUT2D eigenvalue weighted by molar-refractivity contribution is 6.42. The molecule has 1 aliphatic heterocycles. The van der Waals surface area contributed by atoms with E-state index in [0.29, 0.717) is 30.1 Å². The van der Waals surface area contributed by atoms with Crippen LogP contribution in [0.1, 0.15) is 39.3 Å². The number of carbonyl (C=O) groups is 1. The van der Waals surface area contributed by atoms with E-state index in [-0.39, 0.29) is 34.0 Å². The van der Waals surface area contributed by atoms with Crippen molar-refractivity contribution in [2.75, 3.05) is 6.54 Å². The van der Waals surface area contributed by atoms with Crippen LogP contribution in [0.4, 0.5) is 4.79 Å². The zero-order valence-corrected chi connectivity index (χ0v) is 18.8. The first kappa shape index (κ1) is 22.9. The Morgan fingerprint density at radius 3 is 2.58 bits per heavy atom. The average Bonchev–Trinajstić information content (AvgIpc) is 2.69. The Labute approximate surface area is 189 Å². The first-order valence-corrected chi connectivity index (χ1v) is 10.4. The molecule has 0 spiro atoms. The lowest BCUT2D eigenvalue weighted by Crippen LogP contribution is -2.53. The number of aromatic nitrogens is 2. The Morgan fingerprint density at radius 1 is 1.29 bits per heavy atom. The lowest BCUT2D eigenvalue weighted by Gasteiger charge is -2.44. The summed E-state index contributed by atoms with van der Waals surface area (Å²) >= 11 is 11.9. The summed E-state index contributed by atoms with van der Waals surface area (Å²) < 4.78 is 7.03. The van der Waals surface area contributed by atoms with E-state index in [2.05, 4.69) is 5.10 Å². The maximum Gasteiger partial charge on any atom is 0.407 e. The second kappa shape index (κ2) is 8.77. The smallest absolute Gasteiger partial charge is 0.407 e. The lowest BCUT2D eigenvalue weighted by atomic mass is 9.80. The van der Waals surface area contributed by atoms with Crippen LogP contribution >= 0.6 is 23.2 Å². The number of piperidine rings is 1. The van der Waals surface area contributed by atoms with Crippen LogP contribution in [-0.4, -0.2) is 44.6 Å². The fraction of sp³-hybridized carbons (Fsp3) is 0.429. The number of carboxylic acid groups (broad SMARTS) is 1. The standard InChI is InChI=1S/C21H22Cl2N4O4/c1-21(2,3)18-9-13(6-7-26(18)20(29)30)31-17-10-19(28)27(25-16(17)11-24)12-4-5-14(22)15(23)8-12/h4-5,8,10,13,18H,6-7,9H2,1-3H3,(H,29,30). The molecule has 10 heteroatoms. The van der Waals surface area contributed by atoms with Crippen molar-refractivity contribution in [3.05, 3.63) is 50.4 Å². The van der Waals surface area contributed by atoms with Crippen LogP contribution in [0, 0.1) is 16.7 Å². The Kier molecular flexibility index (Phi) is 6.48. The third-order valence-corrected chi connectivity index (χ3v) is 5.98. The summed E-state index contributed by atoms with van der Waals surface area (Å²) in [4.78, 5) is 25.7. The van der Waals surface area contributed by atoms with Gasteiger partial charge in [0.25, 0.3) is 5.56 Å². The number of rotatable bonds is 3. The Morgan fingerprint density at radius 2 is 2.00 bits per heavy atom. The monoisotopic (exact) mass is 464 g/mol. The number of ether oxygens (including phenoxy) is 1. The summed E-state index contributed by atoms with van der Waals surface area (Å²) in [7, 11) is 0. The first-order chi connectivity index (χ1) is 14.5. The normalized spacial score (nSPS) is 19.0. The van der Waals surface area contributed by atoms with Crippen LogP contribution in [0.15, 0.2) is 29.1 Å². The third-order valence-electron chi connectivity index (χ3n) is 5.24. The number of benzene rings is 1.